The van der Waals surface area contributed by atoms with E-state index in [9.17, 15) is 0 Å². The molecule has 1 heterocycles. The summed E-state index contributed by atoms with van der Waals surface area (Å²) in [7, 11) is 4.05. The van der Waals surface area contributed by atoms with Crippen molar-refractivity contribution in [3.05, 3.63) is 11.9 Å². The van der Waals surface area contributed by atoms with Gasteiger partial charge in [-0.2, -0.15) is 0 Å². The molecule has 0 fully saturated rings. The lowest BCUT2D eigenvalue weighted by Gasteiger charge is -2.13. The zero-order valence-corrected chi connectivity index (χ0v) is 11.9. The molecule has 7 nitrogen and oxygen atoms in total. The minimum atomic E-state index is 0.645. The predicted molar refractivity (Wildman–Crippen MR) is 77.1 cm³/mol. The van der Waals surface area contributed by atoms with E-state index in [1.165, 1.54) is 6.33 Å². The van der Waals surface area contributed by atoms with E-state index in [0.717, 1.165) is 31.0 Å². The summed E-state index contributed by atoms with van der Waals surface area (Å²) in [5, 5.41) is 3.24. The van der Waals surface area contributed by atoms with Crippen LogP contribution in [0, 0.1) is 0 Å². The van der Waals surface area contributed by atoms with Crippen LogP contribution in [0.5, 0.6) is 0 Å². The van der Waals surface area contributed by atoms with Crippen LogP contribution in [0.3, 0.4) is 0 Å². The van der Waals surface area contributed by atoms with Crippen molar-refractivity contribution in [2.24, 2.45) is 5.84 Å². The maximum atomic E-state index is 5.51. The predicted octanol–water partition coefficient (Wildman–Crippen LogP) is 0.315. The Morgan fingerprint density at radius 2 is 2.00 bits per heavy atom. The maximum absolute atomic E-state index is 5.51. The molecule has 0 unspecified atom stereocenters. The molecule has 0 spiro atoms. The fraction of sp³-hybridized carbons (Fsp3) is 0.667. The SMILES string of the molecule is CCc1c(NN)ncnc1NCCOCCN(C)C. The van der Waals surface area contributed by atoms with E-state index >= 15 is 0 Å². The number of nitrogens with two attached hydrogens (primary N) is 1. The second kappa shape index (κ2) is 8.63. The molecule has 0 amide bonds. The molecule has 0 bridgehead atoms. The van der Waals surface area contributed by atoms with Crippen LogP contribution in [0.15, 0.2) is 6.33 Å². The lowest BCUT2D eigenvalue weighted by molar-refractivity contribution is 0.126. The number of nitrogens with zero attached hydrogens (tertiary/aromatic N) is 3. The Kier molecular flexibility index (Phi) is 7.09. The van der Waals surface area contributed by atoms with Crippen molar-refractivity contribution in [3.63, 3.8) is 0 Å². The molecule has 4 N–H and O–H groups in total. The zero-order chi connectivity index (χ0) is 14.1. The van der Waals surface area contributed by atoms with Gasteiger partial charge in [-0.15, -0.1) is 0 Å². The first-order valence-corrected chi connectivity index (χ1v) is 6.45. The smallest absolute Gasteiger partial charge is 0.148 e. The minimum absolute atomic E-state index is 0.645. The number of nitrogens with one attached hydrogen (secondary N) is 2. The number of likely N-dealkylation sites (N-methyl/N-ethyl adjacent to an activating group) is 1. The van der Waals surface area contributed by atoms with Gasteiger partial charge in [-0.05, 0) is 20.5 Å². The molecular formula is C12H24N6O. The molecule has 7 heteroatoms. The largest absolute Gasteiger partial charge is 0.378 e. The number of hydrazine groups is 1. The van der Waals surface area contributed by atoms with Gasteiger partial charge in [0.25, 0.3) is 0 Å². The van der Waals surface area contributed by atoms with Gasteiger partial charge in [-0.1, -0.05) is 6.92 Å². The molecule has 0 radical (unpaired) electrons. The molecule has 19 heavy (non-hydrogen) atoms. The quantitative estimate of drug-likeness (QED) is 0.337. The van der Waals surface area contributed by atoms with Crippen molar-refractivity contribution >= 4 is 11.6 Å². The lowest BCUT2D eigenvalue weighted by Crippen LogP contribution is -2.20. The van der Waals surface area contributed by atoms with Crippen molar-refractivity contribution < 1.29 is 4.74 Å². The molecule has 0 saturated heterocycles. The van der Waals surface area contributed by atoms with Crippen LogP contribution in [-0.4, -0.2) is 55.3 Å². The first kappa shape index (κ1) is 15.6. The van der Waals surface area contributed by atoms with Crippen LogP contribution >= 0.6 is 0 Å². The van der Waals surface area contributed by atoms with E-state index in [0.29, 0.717) is 19.0 Å². The van der Waals surface area contributed by atoms with Gasteiger partial charge >= 0.3 is 0 Å². The van der Waals surface area contributed by atoms with E-state index in [2.05, 4.69) is 25.6 Å². The Hall–Kier alpha value is -1.44. The second-order valence-electron chi connectivity index (χ2n) is 4.39. The van der Waals surface area contributed by atoms with Crippen molar-refractivity contribution in [3.8, 4) is 0 Å². The summed E-state index contributed by atoms with van der Waals surface area (Å²) in [6.07, 6.45) is 2.30. The Labute approximate surface area is 114 Å². The van der Waals surface area contributed by atoms with Crippen LogP contribution in [0.4, 0.5) is 11.6 Å². The fourth-order valence-corrected chi connectivity index (χ4v) is 1.61. The van der Waals surface area contributed by atoms with Crippen LogP contribution in [0.25, 0.3) is 0 Å². The molecule has 108 valence electrons. The molecule has 0 aliphatic heterocycles. The molecule has 0 aromatic carbocycles. The van der Waals surface area contributed by atoms with Gasteiger partial charge in [0, 0.05) is 18.7 Å². The topological polar surface area (TPSA) is 88.3 Å². The summed E-state index contributed by atoms with van der Waals surface area (Å²) in [4.78, 5) is 10.4. The van der Waals surface area contributed by atoms with Crippen LogP contribution in [0.1, 0.15) is 12.5 Å². The van der Waals surface area contributed by atoms with Gasteiger partial charge in [0.15, 0.2) is 0 Å². The van der Waals surface area contributed by atoms with Crippen molar-refractivity contribution in [1.29, 1.82) is 0 Å². The Morgan fingerprint density at radius 1 is 1.26 bits per heavy atom. The summed E-state index contributed by atoms with van der Waals surface area (Å²) in [5.74, 6) is 6.89. The summed E-state index contributed by atoms with van der Waals surface area (Å²) < 4.78 is 5.51. The van der Waals surface area contributed by atoms with E-state index in [-0.39, 0.29) is 0 Å². The van der Waals surface area contributed by atoms with Crippen molar-refractivity contribution in [1.82, 2.24) is 14.9 Å². The Bertz CT molecular complexity index is 371. The van der Waals surface area contributed by atoms with Gasteiger partial charge in [0.05, 0.1) is 13.2 Å². The van der Waals surface area contributed by atoms with Gasteiger partial charge in [0.2, 0.25) is 0 Å². The van der Waals surface area contributed by atoms with Crippen LogP contribution in [-0.2, 0) is 11.2 Å². The molecule has 0 aliphatic rings. The highest BCUT2D eigenvalue weighted by Gasteiger charge is 2.07. The molecule has 0 saturated carbocycles. The summed E-state index contributed by atoms with van der Waals surface area (Å²) in [6.45, 7) is 5.05. The highest BCUT2D eigenvalue weighted by molar-refractivity contribution is 5.56. The van der Waals surface area contributed by atoms with Gasteiger partial charge in [-0.25, -0.2) is 15.8 Å². The molecule has 0 aliphatic carbocycles. The van der Waals surface area contributed by atoms with E-state index in [1.807, 2.05) is 21.0 Å². The molecule has 1 rings (SSSR count). The van der Waals surface area contributed by atoms with Crippen molar-refractivity contribution in [2.45, 2.75) is 13.3 Å². The molecule has 1 aromatic heterocycles. The number of anilines is 2. The summed E-state index contributed by atoms with van der Waals surface area (Å²) >= 11 is 0. The van der Waals surface area contributed by atoms with E-state index < -0.39 is 0 Å². The third kappa shape index (κ3) is 5.37. The van der Waals surface area contributed by atoms with Gasteiger partial charge in [-0.3, -0.25) is 0 Å². The average molecular weight is 268 g/mol. The Morgan fingerprint density at radius 3 is 2.63 bits per heavy atom. The lowest BCUT2D eigenvalue weighted by atomic mass is 10.2. The Balaban J connectivity index is 2.37. The second-order valence-corrected chi connectivity index (χ2v) is 4.39. The molecule has 0 atom stereocenters. The minimum Gasteiger partial charge on any atom is -0.378 e. The molecular weight excluding hydrogens is 244 g/mol. The number of ether oxygens (including phenoxy) is 1. The number of aromatic nitrogens is 2. The zero-order valence-electron chi connectivity index (χ0n) is 11.9. The summed E-state index contributed by atoms with van der Waals surface area (Å²) in [5.41, 5.74) is 3.57. The first-order chi connectivity index (χ1) is 9.19. The normalized spacial score (nSPS) is 10.8. The average Bonchev–Trinajstić information content (AvgIpc) is 2.41. The van der Waals surface area contributed by atoms with Crippen LogP contribution in [0.2, 0.25) is 0 Å². The van der Waals surface area contributed by atoms with Gasteiger partial charge in [0.1, 0.15) is 18.0 Å². The van der Waals surface area contributed by atoms with Crippen molar-refractivity contribution in [2.75, 3.05) is 51.1 Å². The monoisotopic (exact) mass is 268 g/mol. The number of hydrogen-bond donors (Lipinski definition) is 3. The van der Waals surface area contributed by atoms with Crippen LogP contribution < -0.4 is 16.6 Å². The molecule has 1 aromatic rings. The first-order valence-electron chi connectivity index (χ1n) is 6.45. The number of rotatable bonds is 9. The maximum Gasteiger partial charge on any atom is 0.148 e. The summed E-state index contributed by atoms with van der Waals surface area (Å²) in [6, 6.07) is 0. The van der Waals surface area contributed by atoms with E-state index in [1.54, 1.807) is 0 Å². The fourth-order valence-electron chi connectivity index (χ4n) is 1.61. The van der Waals surface area contributed by atoms with E-state index in [4.69, 9.17) is 10.6 Å². The standard InChI is InChI=1S/C12H24N6O/c1-4-10-11(15-9-16-12(10)17-13)14-5-7-19-8-6-18(2)3/h9H,4-8,13H2,1-3H3,(H2,14,15,16,17). The highest BCUT2D eigenvalue weighted by atomic mass is 16.5. The third-order valence-electron chi connectivity index (χ3n) is 2.66. The van der Waals surface area contributed by atoms with Gasteiger partial charge < -0.3 is 20.4 Å². The highest BCUT2D eigenvalue weighted by Crippen LogP contribution is 2.18. The number of hydrogen-bond acceptors (Lipinski definition) is 7. The third-order valence-corrected chi connectivity index (χ3v) is 2.66. The number of nitrogen functional groups attached to an aromatic ring is 1.